The Morgan fingerprint density at radius 2 is 1.72 bits per heavy atom. The maximum Gasteiger partial charge on any atom is 0.452 e. The molecule has 0 aromatic heterocycles. The first-order valence-electron chi connectivity index (χ1n) is 4.76. The van der Waals surface area contributed by atoms with Crippen LogP contribution in [0, 0.1) is 0 Å². The quantitative estimate of drug-likeness (QED) is 0.264. The molecule has 0 unspecified atom stereocenters. The van der Waals surface area contributed by atoms with Gasteiger partial charge in [0.05, 0.1) is 4.24 Å². The molecule has 0 aromatic rings. The van der Waals surface area contributed by atoms with E-state index in [1.807, 2.05) is 0 Å². The third-order valence-electron chi connectivity index (χ3n) is 1.73. The van der Waals surface area contributed by atoms with Crippen LogP contribution >= 0.6 is 23.5 Å². The fourth-order valence-electron chi connectivity index (χ4n) is 0.902. The molecular formula is C9H11NO6S2. The second-order valence-electron chi connectivity index (χ2n) is 3.28. The van der Waals surface area contributed by atoms with Crippen LogP contribution in [0.2, 0.25) is 0 Å². The second kappa shape index (κ2) is 6.55. The highest BCUT2D eigenvalue weighted by molar-refractivity contribution is 8.25. The molecule has 1 aliphatic rings. The van der Waals surface area contributed by atoms with Crippen molar-refractivity contribution in [3.05, 3.63) is 9.81 Å². The van der Waals surface area contributed by atoms with Crippen molar-refractivity contribution >= 4 is 41.6 Å². The van der Waals surface area contributed by atoms with E-state index in [4.69, 9.17) is 5.11 Å². The largest absolute Gasteiger partial charge is 0.477 e. The van der Waals surface area contributed by atoms with Gasteiger partial charge in [-0.2, -0.15) is 0 Å². The summed E-state index contributed by atoms with van der Waals surface area (Å²) in [7, 11) is 2.80. The predicted molar refractivity (Wildman–Crippen MR) is 65.8 cm³/mol. The molecule has 0 aromatic carbocycles. The number of nitrogens with zero attached hydrogens (tertiary/aromatic N) is 1. The fraction of sp³-hybridized carbons (Fsp3) is 0.444. The van der Waals surface area contributed by atoms with Crippen LogP contribution in [-0.4, -0.2) is 53.6 Å². The molecule has 1 saturated heterocycles. The third kappa shape index (κ3) is 3.84. The van der Waals surface area contributed by atoms with Crippen LogP contribution < -0.4 is 0 Å². The van der Waals surface area contributed by atoms with Crippen molar-refractivity contribution in [1.82, 2.24) is 4.90 Å². The molecule has 7 nitrogen and oxygen atoms in total. The van der Waals surface area contributed by atoms with Crippen molar-refractivity contribution < 1.29 is 29.3 Å². The third-order valence-corrected chi connectivity index (χ3v) is 4.44. The van der Waals surface area contributed by atoms with Gasteiger partial charge in [0.2, 0.25) is 0 Å². The van der Waals surface area contributed by atoms with Crippen molar-refractivity contribution in [2.45, 2.75) is 0 Å². The van der Waals surface area contributed by atoms with E-state index in [1.165, 1.54) is 37.6 Å². The summed E-state index contributed by atoms with van der Waals surface area (Å²) in [4.78, 5) is 42.9. The van der Waals surface area contributed by atoms with Crippen molar-refractivity contribution in [2.24, 2.45) is 0 Å². The lowest BCUT2D eigenvalue weighted by atomic mass is 10.3. The molecule has 1 amide bonds. The lowest BCUT2D eigenvalue weighted by Crippen LogP contribution is -2.25. The van der Waals surface area contributed by atoms with Gasteiger partial charge in [-0.05, 0) is 0 Å². The molecule has 1 rings (SSSR count). The topological polar surface area (TPSA) is 93.1 Å². The van der Waals surface area contributed by atoms with E-state index >= 15 is 0 Å². The van der Waals surface area contributed by atoms with Crippen LogP contribution in [0.5, 0.6) is 0 Å². The maximum atomic E-state index is 11.5. The number of amides is 1. The summed E-state index contributed by atoms with van der Waals surface area (Å²) in [6.45, 7) is 0. The van der Waals surface area contributed by atoms with E-state index < -0.39 is 23.6 Å². The van der Waals surface area contributed by atoms with Gasteiger partial charge in [0.1, 0.15) is 0 Å². The van der Waals surface area contributed by atoms with Gasteiger partial charge in [0.25, 0.3) is 0 Å². The Balaban J connectivity index is 2.71. The van der Waals surface area contributed by atoms with Gasteiger partial charge in [-0.25, -0.2) is 24.2 Å². The molecule has 9 heteroatoms. The highest BCUT2D eigenvalue weighted by Gasteiger charge is 2.29. The maximum absolute atomic E-state index is 11.5. The number of carbonyl (C=O) groups excluding carboxylic acids is 2. The summed E-state index contributed by atoms with van der Waals surface area (Å²) in [5, 5.41) is 8.94. The standard InChI is InChI=1S/C9H11NO6S2/c1-10(2)9(14)16-15-7(13)5(6(11)12)8-17-3-4-18-8/h3-4H2,1-2H3,(H,11,12). The first kappa shape index (κ1) is 14.7. The first-order valence-corrected chi connectivity index (χ1v) is 6.74. The van der Waals surface area contributed by atoms with Gasteiger partial charge in [-0.1, -0.05) is 0 Å². The summed E-state index contributed by atoms with van der Waals surface area (Å²) >= 11 is 2.52. The molecule has 1 aliphatic heterocycles. The summed E-state index contributed by atoms with van der Waals surface area (Å²) in [6.07, 6.45) is -0.898. The lowest BCUT2D eigenvalue weighted by Gasteiger charge is -2.09. The Labute approximate surface area is 111 Å². The van der Waals surface area contributed by atoms with Gasteiger partial charge in [-0.3, -0.25) is 0 Å². The van der Waals surface area contributed by atoms with Gasteiger partial charge >= 0.3 is 18.0 Å². The van der Waals surface area contributed by atoms with Crippen LogP contribution in [0.15, 0.2) is 9.81 Å². The van der Waals surface area contributed by atoms with Crippen molar-refractivity contribution in [3.8, 4) is 0 Å². The summed E-state index contributed by atoms with van der Waals surface area (Å²) < 4.78 is 0.369. The molecule has 100 valence electrons. The molecule has 0 saturated carbocycles. The van der Waals surface area contributed by atoms with Crippen LogP contribution in [0.1, 0.15) is 0 Å². The smallest absolute Gasteiger partial charge is 0.452 e. The van der Waals surface area contributed by atoms with Crippen LogP contribution in [0.25, 0.3) is 0 Å². The zero-order chi connectivity index (χ0) is 13.7. The number of hydrogen-bond donors (Lipinski definition) is 1. The number of carboxylic acids is 1. The average molecular weight is 293 g/mol. The minimum atomic E-state index is -1.40. The highest BCUT2D eigenvalue weighted by Crippen LogP contribution is 2.39. The van der Waals surface area contributed by atoms with Crippen LogP contribution in [0.4, 0.5) is 4.79 Å². The zero-order valence-electron chi connectivity index (χ0n) is 9.67. The molecule has 0 bridgehead atoms. The SMILES string of the molecule is CN(C)C(=O)OOC(=O)C(C(=O)O)=C1SCCS1. The molecule has 0 radical (unpaired) electrons. The molecule has 0 atom stereocenters. The van der Waals surface area contributed by atoms with E-state index in [-0.39, 0.29) is 0 Å². The van der Waals surface area contributed by atoms with Crippen LogP contribution in [0.3, 0.4) is 0 Å². The van der Waals surface area contributed by atoms with E-state index in [2.05, 4.69) is 9.78 Å². The van der Waals surface area contributed by atoms with Gasteiger partial charge in [0.15, 0.2) is 5.57 Å². The molecule has 1 N–H and O–H groups in total. The van der Waals surface area contributed by atoms with Gasteiger partial charge in [-0.15, -0.1) is 23.5 Å². The predicted octanol–water partition coefficient (Wildman–Crippen LogP) is 0.919. The number of rotatable bonds is 2. The Morgan fingerprint density at radius 3 is 2.17 bits per heavy atom. The molecule has 0 spiro atoms. The van der Waals surface area contributed by atoms with Gasteiger partial charge < -0.3 is 10.0 Å². The lowest BCUT2D eigenvalue weighted by molar-refractivity contribution is -0.231. The van der Waals surface area contributed by atoms with Crippen molar-refractivity contribution in [3.63, 3.8) is 0 Å². The number of carboxylic acid groups (broad SMARTS) is 1. The Morgan fingerprint density at radius 1 is 1.17 bits per heavy atom. The summed E-state index contributed by atoms with van der Waals surface area (Å²) in [5.41, 5.74) is -0.506. The Hall–Kier alpha value is -1.35. The second-order valence-corrected chi connectivity index (χ2v) is 5.75. The Bertz CT molecular complexity index is 398. The Kier molecular flexibility index (Phi) is 5.35. The zero-order valence-corrected chi connectivity index (χ0v) is 11.3. The van der Waals surface area contributed by atoms with E-state index in [1.54, 1.807) is 0 Å². The number of hydrogen-bond acceptors (Lipinski definition) is 7. The summed E-state index contributed by atoms with van der Waals surface area (Å²) in [6, 6.07) is 0. The minimum Gasteiger partial charge on any atom is -0.477 e. The van der Waals surface area contributed by atoms with Crippen LogP contribution in [-0.2, 0) is 19.4 Å². The fourth-order valence-corrected chi connectivity index (χ4v) is 3.40. The normalized spacial score (nSPS) is 14.0. The minimum absolute atomic E-state index is 0.369. The van der Waals surface area contributed by atoms with Crippen molar-refractivity contribution in [2.75, 3.05) is 25.6 Å². The first-order chi connectivity index (χ1) is 8.43. The van der Waals surface area contributed by atoms with Gasteiger partial charge in [0, 0.05) is 25.6 Å². The molecular weight excluding hydrogens is 282 g/mol. The highest BCUT2D eigenvalue weighted by atomic mass is 32.2. The number of carbonyl (C=O) groups is 3. The van der Waals surface area contributed by atoms with E-state index in [9.17, 15) is 14.4 Å². The molecule has 0 aliphatic carbocycles. The molecule has 18 heavy (non-hydrogen) atoms. The monoisotopic (exact) mass is 293 g/mol. The molecule has 1 heterocycles. The van der Waals surface area contributed by atoms with E-state index in [0.29, 0.717) is 4.24 Å². The molecule has 1 fully saturated rings. The average Bonchev–Trinajstić information content (AvgIpc) is 2.78. The number of aliphatic carboxylic acids is 1. The number of thioether (sulfide) groups is 2. The summed E-state index contributed by atoms with van der Waals surface area (Å²) in [5.74, 6) is -1.14. The van der Waals surface area contributed by atoms with Crippen molar-refractivity contribution in [1.29, 1.82) is 0 Å². The van der Waals surface area contributed by atoms with E-state index in [0.717, 1.165) is 16.4 Å².